The molecule has 0 unspecified atom stereocenters. The van der Waals surface area contributed by atoms with Gasteiger partial charge in [0, 0.05) is 51.2 Å². The van der Waals surface area contributed by atoms with Gasteiger partial charge in [-0.3, -0.25) is 4.90 Å². The number of pyridine rings is 2. The Balaban J connectivity index is 1.31. The summed E-state index contributed by atoms with van der Waals surface area (Å²) in [5.41, 5.74) is 4.09. The van der Waals surface area contributed by atoms with Crippen LogP contribution in [0.5, 0.6) is 0 Å². The van der Waals surface area contributed by atoms with Crippen molar-refractivity contribution in [2.45, 2.75) is 40.3 Å². The van der Waals surface area contributed by atoms with E-state index in [4.69, 9.17) is 0 Å². The van der Waals surface area contributed by atoms with Gasteiger partial charge in [-0.25, -0.2) is 19.3 Å². The van der Waals surface area contributed by atoms with Crippen molar-refractivity contribution in [2.75, 3.05) is 38.0 Å². The molecule has 8 heteroatoms. The molecule has 0 spiro atoms. The van der Waals surface area contributed by atoms with E-state index in [2.05, 4.69) is 61.5 Å². The van der Waals surface area contributed by atoms with Crippen LogP contribution in [0.2, 0.25) is 0 Å². The molecule has 1 aliphatic rings. The van der Waals surface area contributed by atoms with Crippen molar-refractivity contribution in [3.63, 3.8) is 0 Å². The summed E-state index contributed by atoms with van der Waals surface area (Å²) in [6, 6.07) is 11.7. The molecular formula is C28H34FN7. The Kier molecular flexibility index (Phi) is 6.98. The zero-order valence-electron chi connectivity index (χ0n) is 21.5. The highest BCUT2D eigenvalue weighted by molar-refractivity contribution is 5.84. The fraction of sp³-hybridized carbons (Fsp3) is 0.393. The van der Waals surface area contributed by atoms with Gasteiger partial charge in [-0.05, 0) is 74.3 Å². The number of aromatic nitrogens is 4. The summed E-state index contributed by atoms with van der Waals surface area (Å²) < 4.78 is 17.0. The molecule has 0 amide bonds. The molecule has 36 heavy (non-hydrogen) atoms. The Morgan fingerprint density at radius 1 is 0.944 bits per heavy atom. The Hall–Kier alpha value is -3.36. The first-order valence-corrected chi connectivity index (χ1v) is 12.7. The molecule has 1 saturated heterocycles. The largest absolute Gasteiger partial charge is 0.326 e. The minimum Gasteiger partial charge on any atom is -0.326 e. The average Bonchev–Trinajstić information content (AvgIpc) is 3.22. The van der Waals surface area contributed by atoms with Crippen LogP contribution in [-0.2, 0) is 6.54 Å². The minimum atomic E-state index is -0.315. The Labute approximate surface area is 212 Å². The zero-order chi connectivity index (χ0) is 25.2. The van der Waals surface area contributed by atoms with Crippen LogP contribution in [0.4, 0.5) is 16.0 Å². The Bertz CT molecular complexity index is 1340. The fourth-order valence-corrected chi connectivity index (χ4v) is 5.01. The van der Waals surface area contributed by atoms with E-state index >= 15 is 0 Å². The number of benzene rings is 1. The quantitative estimate of drug-likeness (QED) is 0.377. The van der Waals surface area contributed by atoms with E-state index in [0.717, 1.165) is 67.6 Å². The number of likely N-dealkylation sites (N-methyl/N-ethyl adjacent to an activating group) is 1. The predicted octanol–water partition coefficient (Wildman–Crippen LogP) is 5.40. The van der Waals surface area contributed by atoms with Gasteiger partial charge in [0.1, 0.15) is 23.0 Å². The maximum Gasteiger partial charge on any atom is 0.151 e. The molecule has 5 rings (SSSR count). The lowest BCUT2D eigenvalue weighted by molar-refractivity contribution is 0.132. The molecule has 3 aromatic heterocycles. The first-order valence-electron chi connectivity index (χ1n) is 12.7. The first kappa shape index (κ1) is 24.3. The van der Waals surface area contributed by atoms with Gasteiger partial charge in [0.25, 0.3) is 0 Å². The highest BCUT2D eigenvalue weighted by Gasteiger charge is 2.17. The lowest BCUT2D eigenvalue weighted by atomic mass is 10.1. The standard InChI is InChI=1S/C28H34FN7/c1-5-34-10-12-35(13-11-34)18-21-6-7-26(31-17-21)33-27-16-22(8-9-30-27)23-14-24(29)28-25(15-23)36(19(2)3)20(4)32-28/h6-9,14-17,19H,5,10-13,18H2,1-4H3,(H,30,31,33). The molecule has 0 aliphatic carbocycles. The number of nitrogens with one attached hydrogen (secondary N) is 1. The molecule has 4 heterocycles. The van der Waals surface area contributed by atoms with E-state index in [0.29, 0.717) is 11.3 Å². The summed E-state index contributed by atoms with van der Waals surface area (Å²) >= 11 is 0. The van der Waals surface area contributed by atoms with Crippen LogP contribution < -0.4 is 5.32 Å². The second-order valence-corrected chi connectivity index (χ2v) is 9.77. The topological polar surface area (TPSA) is 62.1 Å². The van der Waals surface area contributed by atoms with Gasteiger partial charge in [-0.15, -0.1) is 0 Å². The number of rotatable bonds is 7. The predicted molar refractivity (Wildman–Crippen MR) is 143 cm³/mol. The molecule has 0 bridgehead atoms. The SMILES string of the molecule is CCN1CCN(Cc2ccc(Nc3cc(-c4cc(F)c5nc(C)n(C(C)C)c5c4)ccn3)nc2)CC1. The number of piperazine rings is 1. The third-order valence-electron chi connectivity index (χ3n) is 6.93. The van der Waals surface area contributed by atoms with E-state index in [1.165, 1.54) is 5.56 Å². The van der Waals surface area contributed by atoms with Gasteiger partial charge < -0.3 is 14.8 Å². The van der Waals surface area contributed by atoms with Crippen molar-refractivity contribution in [3.8, 4) is 11.1 Å². The average molecular weight is 488 g/mol. The van der Waals surface area contributed by atoms with Crippen molar-refractivity contribution >= 4 is 22.7 Å². The van der Waals surface area contributed by atoms with Crippen molar-refractivity contribution in [3.05, 3.63) is 66.0 Å². The highest BCUT2D eigenvalue weighted by atomic mass is 19.1. The van der Waals surface area contributed by atoms with Gasteiger partial charge in [-0.1, -0.05) is 13.0 Å². The van der Waals surface area contributed by atoms with Gasteiger partial charge in [0.2, 0.25) is 0 Å². The molecule has 188 valence electrons. The number of fused-ring (bicyclic) bond motifs is 1. The van der Waals surface area contributed by atoms with Crippen molar-refractivity contribution in [1.29, 1.82) is 0 Å². The van der Waals surface area contributed by atoms with E-state index in [-0.39, 0.29) is 11.9 Å². The molecule has 1 aliphatic heterocycles. The van der Waals surface area contributed by atoms with Crippen molar-refractivity contribution in [1.82, 2.24) is 29.3 Å². The molecule has 4 aromatic rings. The monoisotopic (exact) mass is 487 g/mol. The van der Waals surface area contributed by atoms with E-state index in [1.54, 1.807) is 12.3 Å². The number of imidazole rings is 1. The van der Waals surface area contributed by atoms with Crippen LogP contribution in [0.25, 0.3) is 22.2 Å². The minimum absolute atomic E-state index is 0.189. The van der Waals surface area contributed by atoms with Crippen LogP contribution in [0.1, 0.15) is 38.2 Å². The van der Waals surface area contributed by atoms with Crippen molar-refractivity contribution in [2.24, 2.45) is 0 Å². The Morgan fingerprint density at radius 2 is 1.72 bits per heavy atom. The van der Waals surface area contributed by atoms with Gasteiger partial charge in [-0.2, -0.15) is 0 Å². The summed E-state index contributed by atoms with van der Waals surface area (Å²) in [5.74, 6) is 1.89. The van der Waals surface area contributed by atoms with Crippen LogP contribution in [0.15, 0.2) is 48.8 Å². The number of hydrogen-bond acceptors (Lipinski definition) is 6. The number of hydrogen-bond donors (Lipinski definition) is 1. The fourth-order valence-electron chi connectivity index (χ4n) is 5.01. The summed E-state index contributed by atoms with van der Waals surface area (Å²) in [4.78, 5) is 18.5. The number of aryl methyl sites for hydroxylation is 1. The van der Waals surface area contributed by atoms with Crippen LogP contribution >= 0.6 is 0 Å². The third kappa shape index (κ3) is 5.10. The zero-order valence-corrected chi connectivity index (χ0v) is 21.5. The molecule has 0 saturated carbocycles. The molecule has 1 aromatic carbocycles. The normalized spacial score (nSPS) is 15.2. The number of halogens is 1. The molecule has 7 nitrogen and oxygen atoms in total. The van der Waals surface area contributed by atoms with Gasteiger partial charge in [0.05, 0.1) is 5.52 Å². The van der Waals surface area contributed by atoms with Crippen LogP contribution in [-0.4, -0.2) is 62.0 Å². The van der Waals surface area contributed by atoms with Crippen LogP contribution in [0.3, 0.4) is 0 Å². The summed E-state index contributed by atoms with van der Waals surface area (Å²) in [7, 11) is 0. The molecule has 1 fully saturated rings. The summed E-state index contributed by atoms with van der Waals surface area (Å²) in [5, 5.41) is 3.29. The second-order valence-electron chi connectivity index (χ2n) is 9.77. The van der Waals surface area contributed by atoms with E-state index in [9.17, 15) is 4.39 Å². The lowest BCUT2D eigenvalue weighted by Gasteiger charge is -2.33. The number of nitrogens with zero attached hydrogens (tertiary/aromatic N) is 6. The molecule has 0 radical (unpaired) electrons. The smallest absolute Gasteiger partial charge is 0.151 e. The maximum absolute atomic E-state index is 15.0. The molecular weight excluding hydrogens is 453 g/mol. The van der Waals surface area contributed by atoms with Gasteiger partial charge in [0.15, 0.2) is 5.82 Å². The Morgan fingerprint density at radius 3 is 2.42 bits per heavy atom. The van der Waals surface area contributed by atoms with Crippen molar-refractivity contribution < 1.29 is 4.39 Å². The molecule has 1 N–H and O–H groups in total. The summed E-state index contributed by atoms with van der Waals surface area (Å²) in [6.45, 7) is 14.8. The summed E-state index contributed by atoms with van der Waals surface area (Å²) in [6.07, 6.45) is 3.66. The highest BCUT2D eigenvalue weighted by Crippen LogP contribution is 2.30. The lowest BCUT2D eigenvalue weighted by Crippen LogP contribution is -2.45. The van der Waals surface area contributed by atoms with E-state index in [1.807, 2.05) is 37.4 Å². The first-order chi connectivity index (χ1) is 17.4. The van der Waals surface area contributed by atoms with Gasteiger partial charge >= 0.3 is 0 Å². The number of anilines is 2. The van der Waals surface area contributed by atoms with E-state index < -0.39 is 0 Å². The second kappa shape index (κ2) is 10.3. The molecule has 0 atom stereocenters. The maximum atomic E-state index is 15.0. The third-order valence-corrected chi connectivity index (χ3v) is 6.93. The van der Waals surface area contributed by atoms with Crippen LogP contribution in [0, 0.1) is 12.7 Å².